The molecule has 0 aliphatic carbocycles. The van der Waals surface area contributed by atoms with Crippen molar-refractivity contribution < 1.29 is 9.53 Å². The van der Waals surface area contributed by atoms with E-state index in [0.717, 1.165) is 38.0 Å². The predicted octanol–water partition coefficient (Wildman–Crippen LogP) is 2.41. The summed E-state index contributed by atoms with van der Waals surface area (Å²) in [5.74, 6) is 0.187. The monoisotopic (exact) mass is 306 g/mol. The summed E-state index contributed by atoms with van der Waals surface area (Å²) in [5.41, 5.74) is 1.16. The normalized spacial score (nSPS) is 25.8. The van der Waals surface area contributed by atoms with Crippen molar-refractivity contribution in [2.45, 2.75) is 36.4 Å². The molecule has 2 aliphatic rings. The van der Waals surface area contributed by atoms with E-state index in [2.05, 4.69) is 35.8 Å². The first-order chi connectivity index (χ1) is 10.3. The summed E-state index contributed by atoms with van der Waals surface area (Å²) in [6.45, 7) is 2.07. The van der Waals surface area contributed by atoms with Crippen LogP contribution < -0.4 is 5.32 Å². The Morgan fingerprint density at radius 2 is 2.19 bits per heavy atom. The standard InChI is InChI=1S/C16H22N2O2S/c1-21-14-6-4-12(5-7-14)16-17-11-15(19)18(16)9-8-13-3-2-10-20-13/h4-7,13,16-17H,2-3,8-11H2,1H3. The number of ether oxygens (including phenoxy) is 1. The molecule has 2 atom stereocenters. The predicted molar refractivity (Wildman–Crippen MR) is 84.3 cm³/mol. The van der Waals surface area contributed by atoms with Gasteiger partial charge in [0, 0.05) is 18.0 Å². The Balaban J connectivity index is 1.65. The van der Waals surface area contributed by atoms with Gasteiger partial charge in [-0.3, -0.25) is 10.1 Å². The van der Waals surface area contributed by atoms with Crippen LogP contribution in [0.2, 0.25) is 0 Å². The lowest BCUT2D eigenvalue weighted by molar-refractivity contribution is -0.128. The number of hydrogen-bond acceptors (Lipinski definition) is 4. The van der Waals surface area contributed by atoms with Crippen molar-refractivity contribution in [2.24, 2.45) is 0 Å². The fourth-order valence-corrected chi connectivity index (χ4v) is 3.44. The number of benzene rings is 1. The van der Waals surface area contributed by atoms with Crippen LogP contribution in [0.5, 0.6) is 0 Å². The van der Waals surface area contributed by atoms with E-state index in [1.54, 1.807) is 11.8 Å². The Bertz CT molecular complexity index is 486. The molecule has 0 radical (unpaired) electrons. The molecule has 1 N–H and O–H groups in total. The maximum absolute atomic E-state index is 12.1. The molecule has 2 fully saturated rings. The third kappa shape index (κ3) is 3.42. The van der Waals surface area contributed by atoms with Crippen molar-refractivity contribution >= 4 is 17.7 Å². The highest BCUT2D eigenvalue weighted by Crippen LogP contribution is 2.26. The number of thioether (sulfide) groups is 1. The van der Waals surface area contributed by atoms with Gasteiger partial charge in [-0.25, -0.2) is 0 Å². The zero-order valence-corrected chi connectivity index (χ0v) is 13.2. The number of carbonyl (C=O) groups is 1. The third-order valence-corrected chi connectivity index (χ3v) is 4.97. The maximum atomic E-state index is 12.1. The van der Waals surface area contributed by atoms with Crippen LogP contribution in [-0.2, 0) is 9.53 Å². The quantitative estimate of drug-likeness (QED) is 0.848. The molecule has 0 saturated carbocycles. The van der Waals surface area contributed by atoms with Crippen LogP contribution in [-0.4, -0.2) is 42.9 Å². The number of hydrogen-bond donors (Lipinski definition) is 1. The van der Waals surface area contributed by atoms with Crippen LogP contribution in [0.4, 0.5) is 0 Å². The minimum Gasteiger partial charge on any atom is -0.378 e. The van der Waals surface area contributed by atoms with E-state index in [1.165, 1.54) is 4.90 Å². The number of rotatable bonds is 5. The van der Waals surface area contributed by atoms with Crippen molar-refractivity contribution in [1.29, 1.82) is 0 Å². The molecule has 1 aromatic rings. The highest BCUT2D eigenvalue weighted by atomic mass is 32.2. The second kappa shape index (κ2) is 6.81. The minimum atomic E-state index is 0.00908. The topological polar surface area (TPSA) is 41.6 Å². The molecule has 0 spiro atoms. The SMILES string of the molecule is CSc1ccc(C2NCC(=O)N2CCC2CCCO2)cc1. The molecule has 3 rings (SSSR count). The van der Waals surface area contributed by atoms with Crippen LogP contribution in [0.3, 0.4) is 0 Å². The van der Waals surface area contributed by atoms with Crippen molar-refractivity contribution in [3.05, 3.63) is 29.8 Å². The summed E-state index contributed by atoms with van der Waals surface area (Å²) >= 11 is 1.73. The molecular weight excluding hydrogens is 284 g/mol. The molecule has 114 valence electrons. The van der Waals surface area contributed by atoms with Gasteiger partial charge in [0.05, 0.1) is 12.6 Å². The molecule has 2 aliphatic heterocycles. The first-order valence-corrected chi connectivity index (χ1v) is 8.79. The van der Waals surface area contributed by atoms with Crippen LogP contribution >= 0.6 is 11.8 Å². The molecule has 0 aromatic heterocycles. The zero-order valence-electron chi connectivity index (χ0n) is 12.4. The lowest BCUT2D eigenvalue weighted by atomic mass is 10.1. The maximum Gasteiger partial charge on any atom is 0.238 e. The van der Waals surface area contributed by atoms with Gasteiger partial charge in [0.25, 0.3) is 0 Å². The molecule has 2 unspecified atom stereocenters. The van der Waals surface area contributed by atoms with Gasteiger partial charge in [-0.2, -0.15) is 0 Å². The summed E-state index contributed by atoms with van der Waals surface area (Å²) in [4.78, 5) is 15.3. The van der Waals surface area contributed by atoms with Crippen LogP contribution in [0, 0.1) is 0 Å². The Morgan fingerprint density at radius 1 is 1.38 bits per heavy atom. The smallest absolute Gasteiger partial charge is 0.238 e. The molecule has 5 heteroatoms. The van der Waals surface area contributed by atoms with Crippen molar-refractivity contribution in [3.8, 4) is 0 Å². The minimum absolute atomic E-state index is 0.00908. The number of nitrogens with one attached hydrogen (secondary N) is 1. The van der Waals surface area contributed by atoms with Crippen LogP contribution in [0.1, 0.15) is 31.0 Å². The Labute approximate surface area is 130 Å². The largest absolute Gasteiger partial charge is 0.378 e. The highest BCUT2D eigenvalue weighted by Gasteiger charge is 2.32. The van der Waals surface area contributed by atoms with Gasteiger partial charge in [0.1, 0.15) is 6.17 Å². The van der Waals surface area contributed by atoms with E-state index >= 15 is 0 Å². The molecular formula is C16H22N2O2S. The molecule has 0 bridgehead atoms. The molecule has 1 amide bonds. The zero-order chi connectivity index (χ0) is 14.7. The second-order valence-corrected chi connectivity index (χ2v) is 6.45. The second-order valence-electron chi connectivity index (χ2n) is 5.57. The van der Waals surface area contributed by atoms with Crippen molar-refractivity contribution in [2.75, 3.05) is 26.0 Å². The molecule has 2 saturated heterocycles. The fourth-order valence-electron chi connectivity index (χ4n) is 3.03. The van der Waals surface area contributed by atoms with Gasteiger partial charge in [-0.05, 0) is 43.2 Å². The van der Waals surface area contributed by atoms with E-state index in [-0.39, 0.29) is 12.1 Å². The summed E-state index contributed by atoms with van der Waals surface area (Å²) < 4.78 is 5.66. The molecule has 2 heterocycles. The number of carbonyl (C=O) groups excluding carboxylic acids is 1. The Kier molecular flexibility index (Phi) is 4.83. The van der Waals surface area contributed by atoms with Gasteiger partial charge >= 0.3 is 0 Å². The van der Waals surface area contributed by atoms with E-state index < -0.39 is 0 Å². The summed E-state index contributed by atoms with van der Waals surface area (Å²) in [6.07, 6.45) is 5.62. The van der Waals surface area contributed by atoms with Gasteiger partial charge in [-0.15, -0.1) is 11.8 Å². The van der Waals surface area contributed by atoms with Gasteiger partial charge < -0.3 is 9.64 Å². The summed E-state index contributed by atoms with van der Waals surface area (Å²) in [6, 6.07) is 8.45. The van der Waals surface area contributed by atoms with Gasteiger partial charge in [-0.1, -0.05) is 12.1 Å². The summed E-state index contributed by atoms with van der Waals surface area (Å²) in [5, 5.41) is 3.31. The van der Waals surface area contributed by atoms with Crippen LogP contribution in [0.25, 0.3) is 0 Å². The first kappa shape index (κ1) is 14.9. The third-order valence-electron chi connectivity index (χ3n) is 4.23. The Hall–Kier alpha value is -1.04. The summed E-state index contributed by atoms with van der Waals surface area (Å²) in [7, 11) is 0. The average molecular weight is 306 g/mol. The van der Waals surface area contributed by atoms with Crippen LogP contribution in [0.15, 0.2) is 29.2 Å². The van der Waals surface area contributed by atoms with Gasteiger partial charge in [0.2, 0.25) is 5.91 Å². The van der Waals surface area contributed by atoms with E-state index in [1.807, 2.05) is 4.90 Å². The lowest BCUT2D eigenvalue weighted by Crippen LogP contribution is -2.32. The average Bonchev–Trinajstić information content (AvgIpc) is 3.15. The van der Waals surface area contributed by atoms with Gasteiger partial charge in [0.15, 0.2) is 0 Å². The molecule has 1 aromatic carbocycles. The number of amides is 1. The molecule has 4 nitrogen and oxygen atoms in total. The fraction of sp³-hybridized carbons (Fsp3) is 0.562. The molecule has 21 heavy (non-hydrogen) atoms. The van der Waals surface area contributed by atoms with Crippen molar-refractivity contribution in [3.63, 3.8) is 0 Å². The van der Waals surface area contributed by atoms with Crippen molar-refractivity contribution in [1.82, 2.24) is 10.2 Å². The van der Waals surface area contributed by atoms with E-state index in [0.29, 0.717) is 12.6 Å². The lowest BCUT2D eigenvalue weighted by Gasteiger charge is -2.26. The Morgan fingerprint density at radius 3 is 2.86 bits per heavy atom. The van der Waals surface area contributed by atoms with E-state index in [9.17, 15) is 4.79 Å². The number of nitrogens with zero attached hydrogens (tertiary/aromatic N) is 1. The highest BCUT2D eigenvalue weighted by molar-refractivity contribution is 7.98. The first-order valence-electron chi connectivity index (χ1n) is 7.56. The van der Waals surface area contributed by atoms with E-state index in [4.69, 9.17) is 4.74 Å².